The first-order chi connectivity index (χ1) is 13.9. The van der Waals surface area contributed by atoms with Gasteiger partial charge in [-0.3, -0.25) is 0 Å². The van der Waals surface area contributed by atoms with Gasteiger partial charge in [-0.15, -0.1) is 0 Å². The molecular formula is C19H21ClN6O2S. The van der Waals surface area contributed by atoms with Gasteiger partial charge in [0.15, 0.2) is 5.82 Å². The average molecular weight is 433 g/mol. The van der Waals surface area contributed by atoms with Crippen LogP contribution < -0.4 is 4.90 Å². The number of benzene rings is 1. The lowest BCUT2D eigenvalue weighted by atomic mass is 10.2. The average Bonchev–Trinajstić information content (AvgIpc) is 3.22. The number of halogens is 1. The van der Waals surface area contributed by atoms with Gasteiger partial charge >= 0.3 is 0 Å². The maximum Gasteiger partial charge on any atom is 0.218 e. The van der Waals surface area contributed by atoms with Crippen molar-refractivity contribution < 1.29 is 8.42 Å². The Hall–Kier alpha value is -2.49. The lowest BCUT2D eigenvalue weighted by Gasteiger charge is -2.34. The maximum absolute atomic E-state index is 12.8. The number of sulfonamides is 1. The van der Waals surface area contributed by atoms with Crippen LogP contribution in [0.4, 0.5) is 5.82 Å². The van der Waals surface area contributed by atoms with Gasteiger partial charge in [0, 0.05) is 49.7 Å². The van der Waals surface area contributed by atoms with Gasteiger partial charge in [0.1, 0.15) is 11.6 Å². The van der Waals surface area contributed by atoms with Gasteiger partial charge in [-0.2, -0.15) is 9.40 Å². The minimum atomic E-state index is -3.41. The van der Waals surface area contributed by atoms with Gasteiger partial charge in [0.05, 0.1) is 5.75 Å². The summed E-state index contributed by atoms with van der Waals surface area (Å²) in [7, 11) is -3.41. The Bertz CT molecular complexity index is 1100. The predicted octanol–water partition coefficient (Wildman–Crippen LogP) is 2.28. The Kier molecular flexibility index (Phi) is 5.53. The minimum Gasteiger partial charge on any atom is -0.354 e. The van der Waals surface area contributed by atoms with E-state index in [1.165, 1.54) is 4.31 Å². The molecule has 0 unspecified atom stereocenters. The molecule has 3 heterocycles. The summed E-state index contributed by atoms with van der Waals surface area (Å²) < 4.78 is 28.8. The quantitative estimate of drug-likeness (QED) is 0.615. The van der Waals surface area contributed by atoms with Crippen molar-refractivity contribution in [1.29, 1.82) is 0 Å². The number of hydrogen-bond donors (Lipinski definition) is 0. The van der Waals surface area contributed by atoms with Gasteiger partial charge in [0.2, 0.25) is 10.0 Å². The van der Waals surface area contributed by atoms with Crippen molar-refractivity contribution in [1.82, 2.24) is 24.1 Å². The van der Waals surface area contributed by atoms with Gasteiger partial charge in [-0.1, -0.05) is 23.7 Å². The van der Waals surface area contributed by atoms with E-state index in [1.54, 1.807) is 35.1 Å². The van der Waals surface area contributed by atoms with Crippen LogP contribution in [-0.4, -0.2) is 58.7 Å². The zero-order valence-corrected chi connectivity index (χ0v) is 17.5. The van der Waals surface area contributed by atoms with Gasteiger partial charge < -0.3 is 4.90 Å². The van der Waals surface area contributed by atoms with Crippen molar-refractivity contribution in [3.8, 4) is 5.82 Å². The second-order valence-electron chi connectivity index (χ2n) is 6.85. The fourth-order valence-corrected chi connectivity index (χ4v) is 5.06. The van der Waals surface area contributed by atoms with E-state index in [9.17, 15) is 8.42 Å². The van der Waals surface area contributed by atoms with Crippen molar-refractivity contribution in [2.75, 3.05) is 31.1 Å². The molecule has 2 aromatic heterocycles. The third kappa shape index (κ3) is 4.58. The highest BCUT2D eigenvalue weighted by molar-refractivity contribution is 7.88. The Morgan fingerprint density at radius 3 is 2.48 bits per heavy atom. The van der Waals surface area contributed by atoms with E-state index in [4.69, 9.17) is 11.6 Å². The third-order valence-corrected chi connectivity index (χ3v) is 6.83. The molecule has 4 rings (SSSR count). The normalized spacial score (nSPS) is 15.6. The molecule has 0 N–H and O–H groups in total. The molecule has 3 aromatic rings. The molecule has 1 aliphatic heterocycles. The molecule has 1 fully saturated rings. The van der Waals surface area contributed by atoms with Gasteiger partial charge in [-0.25, -0.2) is 23.1 Å². The summed E-state index contributed by atoms with van der Waals surface area (Å²) in [5.41, 5.74) is 0.690. The van der Waals surface area contributed by atoms with E-state index in [0.29, 0.717) is 48.4 Å². The number of anilines is 1. The lowest BCUT2D eigenvalue weighted by Crippen LogP contribution is -2.49. The van der Waals surface area contributed by atoms with Crippen LogP contribution in [0.3, 0.4) is 0 Å². The van der Waals surface area contributed by atoms with Gasteiger partial charge in [-0.05, 0) is 30.7 Å². The highest BCUT2D eigenvalue weighted by Crippen LogP contribution is 2.20. The standard InChI is InChI=1S/C19H21ClN6O2S/c1-15-22-18(13-19(23-15)26-7-3-6-21-26)24-8-10-25(11-9-24)29(27,28)14-16-4-2-5-17(20)12-16/h2-7,12-13H,8-11,14H2,1H3. The summed E-state index contributed by atoms with van der Waals surface area (Å²) in [6, 6.07) is 10.7. The zero-order valence-electron chi connectivity index (χ0n) is 15.9. The Morgan fingerprint density at radius 2 is 1.79 bits per heavy atom. The van der Waals surface area contributed by atoms with Crippen molar-refractivity contribution in [2.24, 2.45) is 0 Å². The van der Waals surface area contributed by atoms with Crippen LogP contribution in [0.15, 0.2) is 48.8 Å². The van der Waals surface area contributed by atoms with Crippen molar-refractivity contribution in [3.63, 3.8) is 0 Å². The molecule has 0 amide bonds. The SMILES string of the molecule is Cc1nc(N2CCN(S(=O)(=O)Cc3cccc(Cl)c3)CC2)cc(-n2cccn2)n1. The number of aromatic nitrogens is 4. The molecule has 1 aliphatic rings. The molecular weight excluding hydrogens is 412 g/mol. The van der Waals surface area contributed by atoms with E-state index in [-0.39, 0.29) is 5.75 Å². The first kappa shape index (κ1) is 19.8. The summed E-state index contributed by atoms with van der Waals surface area (Å²) in [4.78, 5) is 11.0. The second kappa shape index (κ2) is 8.10. The van der Waals surface area contributed by atoms with E-state index < -0.39 is 10.0 Å². The monoisotopic (exact) mass is 432 g/mol. The zero-order chi connectivity index (χ0) is 20.4. The number of rotatable bonds is 5. The number of aryl methyl sites for hydroxylation is 1. The van der Waals surface area contributed by atoms with Crippen LogP contribution >= 0.6 is 11.6 Å². The first-order valence-corrected chi connectivity index (χ1v) is 11.2. The van der Waals surface area contributed by atoms with Crippen molar-refractivity contribution >= 4 is 27.4 Å². The molecule has 10 heteroatoms. The highest BCUT2D eigenvalue weighted by atomic mass is 35.5. The lowest BCUT2D eigenvalue weighted by molar-refractivity contribution is 0.383. The highest BCUT2D eigenvalue weighted by Gasteiger charge is 2.28. The second-order valence-corrected chi connectivity index (χ2v) is 9.26. The fourth-order valence-electron chi connectivity index (χ4n) is 3.34. The van der Waals surface area contributed by atoms with E-state index in [0.717, 1.165) is 5.82 Å². The summed E-state index contributed by atoms with van der Waals surface area (Å²) in [5.74, 6) is 2.05. The fraction of sp³-hybridized carbons (Fsp3) is 0.316. The molecule has 8 nitrogen and oxygen atoms in total. The Balaban J connectivity index is 1.45. The molecule has 29 heavy (non-hydrogen) atoms. The van der Waals surface area contributed by atoms with Crippen LogP contribution in [-0.2, 0) is 15.8 Å². The third-order valence-electron chi connectivity index (χ3n) is 4.74. The molecule has 0 atom stereocenters. The number of piperazine rings is 1. The molecule has 0 bridgehead atoms. The molecule has 1 aromatic carbocycles. The summed E-state index contributed by atoms with van der Waals surface area (Å²) in [6.07, 6.45) is 3.52. The maximum atomic E-state index is 12.8. The smallest absolute Gasteiger partial charge is 0.218 e. The topological polar surface area (TPSA) is 84.2 Å². The number of nitrogens with zero attached hydrogens (tertiary/aromatic N) is 6. The largest absolute Gasteiger partial charge is 0.354 e. The van der Waals surface area contributed by atoms with E-state index >= 15 is 0 Å². The van der Waals surface area contributed by atoms with Crippen LogP contribution in [0.5, 0.6) is 0 Å². The summed E-state index contributed by atoms with van der Waals surface area (Å²) in [6.45, 7) is 3.77. The predicted molar refractivity (Wildman–Crippen MR) is 112 cm³/mol. The molecule has 152 valence electrons. The minimum absolute atomic E-state index is 0.0520. The molecule has 0 radical (unpaired) electrons. The number of hydrogen-bond acceptors (Lipinski definition) is 6. The van der Waals surface area contributed by atoms with Crippen LogP contribution in [0, 0.1) is 6.92 Å². The van der Waals surface area contributed by atoms with Crippen LogP contribution in [0.2, 0.25) is 5.02 Å². The van der Waals surface area contributed by atoms with Crippen LogP contribution in [0.1, 0.15) is 11.4 Å². The van der Waals surface area contributed by atoms with E-state index in [1.807, 2.05) is 25.3 Å². The van der Waals surface area contributed by atoms with Crippen LogP contribution in [0.25, 0.3) is 5.82 Å². The van der Waals surface area contributed by atoms with E-state index in [2.05, 4.69) is 20.0 Å². The van der Waals surface area contributed by atoms with Crippen molar-refractivity contribution in [2.45, 2.75) is 12.7 Å². The Morgan fingerprint density at radius 1 is 1.03 bits per heavy atom. The van der Waals surface area contributed by atoms with Crippen molar-refractivity contribution in [3.05, 3.63) is 65.2 Å². The summed E-state index contributed by atoms with van der Waals surface area (Å²) >= 11 is 5.98. The molecule has 0 saturated carbocycles. The van der Waals surface area contributed by atoms with Gasteiger partial charge in [0.25, 0.3) is 0 Å². The summed E-state index contributed by atoms with van der Waals surface area (Å²) in [5, 5.41) is 4.75. The molecule has 0 spiro atoms. The Labute approximate surface area is 174 Å². The first-order valence-electron chi connectivity index (χ1n) is 9.24. The molecule has 0 aliphatic carbocycles. The molecule has 1 saturated heterocycles.